The molecule has 0 bridgehead atoms. The van der Waals surface area contributed by atoms with Crippen molar-refractivity contribution < 1.29 is 23.7 Å². The molecule has 0 aliphatic heterocycles. The first-order valence-electron chi connectivity index (χ1n) is 6.13. The number of carbonyl (C=O) groups excluding carboxylic acids is 1. The normalized spacial score (nSPS) is 19.7. The Balaban J connectivity index is 2.97. The highest BCUT2D eigenvalue weighted by molar-refractivity contribution is 6.09. The lowest BCUT2D eigenvalue weighted by molar-refractivity contribution is -0.165. The Hall–Kier alpha value is -1.66. The Morgan fingerprint density at radius 2 is 1.80 bits per heavy atom. The van der Waals surface area contributed by atoms with Gasteiger partial charge in [0.1, 0.15) is 5.60 Å². The van der Waals surface area contributed by atoms with Gasteiger partial charge in [-0.05, 0) is 32.9 Å². The number of allylic oxidation sites excluding steroid dienone is 2. The summed E-state index contributed by atoms with van der Waals surface area (Å²) < 4.78 is 20.9. The molecule has 0 aromatic rings. The highest BCUT2D eigenvalue weighted by Crippen LogP contribution is 2.27. The second kappa shape index (κ2) is 6.19. The molecule has 1 amide bonds. The Kier molecular flexibility index (Phi) is 5.08. The number of rotatable bonds is 3. The lowest BCUT2D eigenvalue weighted by Gasteiger charge is -2.30. The number of nitrogens with zero attached hydrogens (tertiary/aromatic N) is 1. The molecule has 0 heterocycles. The van der Waals surface area contributed by atoms with Gasteiger partial charge in [0.05, 0.1) is 12.8 Å². The molecule has 0 saturated carbocycles. The summed E-state index contributed by atoms with van der Waals surface area (Å²) in [5, 5.41) is 0. The second-order valence-corrected chi connectivity index (χ2v) is 5.14. The van der Waals surface area contributed by atoms with Crippen LogP contribution in [0.5, 0.6) is 0 Å². The SMILES string of the molecule is COC1=C/C(=N/C(=O)OC(C)(C)C)C=CC1(OC)OC. The molecule has 0 aromatic heterocycles. The minimum Gasteiger partial charge on any atom is -0.495 e. The Morgan fingerprint density at radius 3 is 2.25 bits per heavy atom. The molecule has 1 aliphatic rings. The van der Waals surface area contributed by atoms with Gasteiger partial charge in [0.25, 0.3) is 0 Å². The van der Waals surface area contributed by atoms with Crippen molar-refractivity contribution in [3.8, 4) is 0 Å². The maximum Gasteiger partial charge on any atom is 0.434 e. The monoisotopic (exact) mass is 283 g/mol. The molecule has 0 radical (unpaired) electrons. The third-order valence-corrected chi connectivity index (χ3v) is 2.54. The minimum atomic E-state index is -1.10. The van der Waals surface area contributed by atoms with Crippen LogP contribution in [0.25, 0.3) is 0 Å². The van der Waals surface area contributed by atoms with Crippen molar-refractivity contribution in [3.05, 3.63) is 24.0 Å². The van der Waals surface area contributed by atoms with E-state index in [0.29, 0.717) is 11.5 Å². The van der Waals surface area contributed by atoms with E-state index in [9.17, 15) is 4.79 Å². The van der Waals surface area contributed by atoms with Crippen molar-refractivity contribution in [1.82, 2.24) is 0 Å². The lowest BCUT2D eigenvalue weighted by atomic mass is 10.1. The summed E-state index contributed by atoms with van der Waals surface area (Å²) in [5.41, 5.74) is -0.184. The molecular weight excluding hydrogens is 262 g/mol. The first-order valence-corrected chi connectivity index (χ1v) is 6.13. The van der Waals surface area contributed by atoms with E-state index in [1.54, 1.807) is 39.0 Å². The summed E-state index contributed by atoms with van der Waals surface area (Å²) in [5.74, 6) is -0.700. The van der Waals surface area contributed by atoms with Crippen LogP contribution in [0, 0.1) is 0 Å². The van der Waals surface area contributed by atoms with Crippen molar-refractivity contribution in [2.75, 3.05) is 21.3 Å². The van der Waals surface area contributed by atoms with Crippen LogP contribution in [0.1, 0.15) is 20.8 Å². The number of aliphatic imine (C=N–C) groups is 1. The highest BCUT2D eigenvalue weighted by atomic mass is 16.7. The number of carbonyl (C=O) groups is 1. The van der Waals surface area contributed by atoms with E-state index >= 15 is 0 Å². The van der Waals surface area contributed by atoms with Crippen LogP contribution >= 0.6 is 0 Å². The molecule has 20 heavy (non-hydrogen) atoms. The summed E-state index contributed by atoms with van der Waals surface area (Å²) >= 11 is 0. The zero-order valence-electron chi connectivity index (χ0n) is 12.7. The fraction of sp³-hybridized carbons (Fsp3) is 0.571. The molecule has 1 aliphatic carbocycles. The van der Waals surface area contributed by atoms with E-state index in [4.69, 9.17) is 18.9 Å². The standard InChI is InChI=1S/C14H21NO5/c1-13(2,3)20-12(16)15-10-7-8-14(18-5,19-6)11(9-10)17-4/h7-9H,1-6H3/b15-10+. The number of methoxy groups -OCH3 is 3. The van der Waals surface area contributed by atoms with Gasteiger partial charge in [-0.25, -0.2) is 4.79 Å². The van der Waals surface area contributed by atoms with Crippen molar-refractivity contribution in [2.45, 2.75) is 32.2 Å². The molecule has 0 aromatic carbocycles. The zero-order valence-corrected chi connectivity index (χ0v) is 12.7. The predicted molar refractivity (Wildman–Crippen MR) is 74.7 cm³/mol. The summed E-state index contributed by atoms with van der Waals surface area (Å²) in [6.07, 6.45) is 4.14. The largest absolute Gasteiger partial charge is 0.495 e. The van der Waals surface area contributed by atoms with Crippen LogP contribution < -0.4 is 0 Å². The summed E-state index contributed by atoms with van der Waals surface area (Å²) in [6, 6.07) is 0. The minimum absolute atomic E-state index is 0.396. The smallest absolute Gasteiger partial charge is 0.434 e. The van der Waals surface area contributed by atoms with Crippen LogP contribution in [0.15, 0.2) is 29.0 Å². The Morgan fingerprint density at radius 1 is 1.20 bits per heavy atom. The van der Waals surface area contributed by atoms with E-state index in [1.807, 2.05) is 0 Å². The fourth-order valence-electron chi connectivity index (χ4n) is 1.64. The summed E-state index contributed by atoms with van der Waals surface area (Å²) in [7, 11) is 4.48. The highest BCUT2D eigenvalue weighted by Gasteiger charge is 2.36. The third-order valence-electron chi connectivity index (χ3n) is 2.54. The molecule has 0 spiro atoms. The third kappa shape index (κ3) is 3.91. The van der Waals surface area contributed by atoms with E-state index in [-0.39, 0.29) is 0 Å². The average molecular weight is 283 g/mol. The fourth-order valence-corrected chi connectivity index (χ4v) is 1.64. The lowest BCUT2D eigenvalue weighted by Crippen LogP contribution is -2.37. The van der Waals surface area contributed by atoms with Crippen LogP contribution in [-0.4, -0.2) is 44.5 Å². The quantitative estimate of drug-likeness (QED) is 0.744. The maximum atomic E-state index is 11.6. The van der Waals surface area contributed by atoms with E-state index in [0.717, 1.165) is 0 Å². The van der Waals surface area contributed by atoms with Gasteiger partial charge in [-0.3, -0.25) is 0 Å². The van der Waals surface area contributed by atoms with E-state index in [1.165, 1.54) is 21.3 Å². The van der Waals surface area contributed by atoms with Gasteiger partial charge in [-0.1, -0.05) is 0 Å². The Labute approximate surface area is 119 Å². The predicted octanol–water partition coefficient (Wildman–Crippen LogP) is 2.45. The second-order valence-electron chi connectivity index (χ2n) is 5.14. The number of hydrogen-bond donors (Lipinski definition) is 0. The molecule has 6 heteroatoms. The molecule has 1 rings (SSSR count). The van der Waals surface area contributed by atoms with E-state index < -0.39 is 17.5 Å². The van der Waals surface area contributed by atoms with Crippen molar-refractivity contribution >= 4 is 11.8 Å². The number of ether oxygens (including phenoxy) is 4. The molecule has 0 saturated heterocycles. The first-order chi connectivity index (χ1) is 9.26. The van der Waals surface area contributed by atoms with Gasteiger partial charge in [-0.2, -0.15) is 4.99 Å². The number of amides is 1. The molecule has 112 valence electrons. The van der Waals surface area contributed by atoms with Crippen LogP contribution in [0.3, 0.4) is 0 Å². The average Bonchev–Trinajstić information content (AvgIpc) is 2.36. The van der Waals surface area contributed by atoms with Crippen molar-refractivity contribution in [3.63, 3.8) is 0 Å². The van der Waals surface area contributed by atoms with Gasteiger partial charge in [0.2, 0.25) is 5.79 Å². The summed E-state index contributed by atoms with van der Waals surface area (Å²) in [4.78, 5) is 15.5. The van der Waals surface area contributed by atoms with E-state index in [2.05, 4.69) is 4.99 Å². The van der Waals surface area contributed by atoms with Gasteiger partial charge < -0.3 is 18.9 Å². The van der Waals surface area contributed by atoms with Gasteiger partial charge in [-0.15, -0.1) is 0 Å². The molecular formula is C14H21NO5. The molecule has 0 N–H and O–H groups in total. The van der Waals surface area contributed by atoms with Crippen molar-refractivity contribution in [1.29, 1.82) is 0 Å². The van der Waals surface area contributed by atoms with Crippen molar-refractivity contribution in [2.24, 2.45) is 4.99 Å². The summed E-state index contributed by atoms with van der Waals surface area (Å²) in [6.45, 7) is 5.33. The van der Waals surface area contributed by atoms with Crippen LogP contribution in [0.2, 0.25) is 0 Å². The molecule has 6 nitrogen and oxygen atoms in total. The van der Waals surface area contributed by atoms with Gasteiger partial charge in [0, 0.05) is 20.3 Å². The van der Waals surface area contributed by atoms with Crippen LogP contribution in [-0.2, 0) is 18.9 Å². The Bertz CT molecular complexity index is 453. The molecule has 0 fully saturated rings. The molecule has 0 atom stereocenters. The van der Waals surface area contributed by atoms with Crippen LogP contribution in [0.4, 0.5) is 4.79 Å². The molecule has 0 unspecified atom stereocenters. The van der Waals surface area contributed by atoms with Gasteiger partial charge in [0.15, 0.2) is 5.76 Å². The number of hydrogen-bond acceptors (Lipinski definition) is 5. The van der Waals surface area contributed by atoms with Gasteiger partial charge >= 0.3 is 6.09 Å². The first kappa shape index (κ1) is 16.4. The zero-order chi connectivity index (χ0) is 15.4. The topological polar surface area (TPSA) is 66.4 Å². The maximum absolute atomic E-state index is 11.6.